The number of nitro groups is 1. The third-order valence-corrected chi connectivity index (χ3v) is 5.48. The maximum Gasteiger partial charge on any atom is 0.296 e. The van der Waals surface area contributed by atoms with Gasteiger partial charge in [-0.15, -0.1) is 15.3 Å². The molecule has 0 spiro atoms. The maximum absolute atomic E-state index is 11.3. The van der Waals surface area contributed by atoms with Crippen molar-refractivity contribution in [1.82, 2.24) is 0 Å². The minimum absolute atomic E-state index is 0.108. The first-order valence-electron chi connectivity index (χ1n) is 11.5. The van der Waals surface area contributed by atoms with Gasteiger partial charge >= 0.3 is 0 Å². The lowest BCUT2D eigenvalue weighted by atomic mass is 10.1. The number of benzene rings is 3. The van der Waals surface area contributed by atoms with Gasteiger partial charge in [0.15, 0.2) is 5.69 Å². The van der Waals surface area contributed by atoms with Crippen molar-refractivity contribution in [1.29, 1.82) is 0 Å². The van der Waals surface area contributed by atoms with Gasteiger partial charge in [0.1, 0.15) is 11.4 Å². The molecule has 0 aliphatic heterocycles. The van der Waals surface area contributed by atoms with Crippen LogP contribution in [0.2, 0.25) is 0 Å². The Balaban J connectivity index is 1.75. The van der Waals surface area contributed by atoms with E-state index in [0.717, 1.165) is 29.8 Å². The summed E-state index contributed by atoms with van der Waals surface area (Å²) in [6.45, 7) is 5.19. The van der Waals surface area contributed by atoms with Crippen molar-refractivity contribution < 1.29 is 19.2 Å². The number of nitro benzene ring substituents is 1. The van der Waals surface area contributed by atoms with Gasteiger partial charge in [0.05, 0.1) is 30.0 Å². The predicted octanol–water partition coefficient (Wildman–Crippen LogP) is 7.05. The van der Waals surface area contributed by atoms with Gasteiger partial charge in [-0.05, 0) is 67.8 Å². The summed E-state index contributed by atoms with van der Waals surface area (Å²) in [5.41, 5.74) is 4.25. The monoisotopic (exact) mass is 504 g/mol. The number of hydrogen-bond acceptors (Lipinski definition) is 10. The molecule has 3 rings (SSSR count). The molecule has 0 radical (unpaired) electrons. The van der Waals surface area contributed by atoms with Gasteiger partial charge < -0.3 is 14.4 Å². The SMILES string of the molecule is COc1cc(N=Nc2ccc(C)cc2[N+](=O)[O-])c(C)cc1N=Nc1ccc(N(C)CCCOC=O)cc1. The number of azo groups is 2. The van der Waals surface area contributed by atoms with E-state index in [1.54, 1.807) is 31.2 Å². The summed E-state index contributed by atoms with van der Waals surface area (Å²) in [4.78, 5) is 23.2. The number of anilines is 1. The van der Waals surface area contributed by atoms with E-state index in [0.29, 0.717) is 35.9 Å². The van der Waals surface area contributed by atoms with Gasteiger partial charge in [-0.3, -0.25) is 14.9 Å². The molecule has 0 aliphatic rings. The second-order valence-electron chi connectivity index (χ2n) is 8.22. The number of methoxy groups -OCH3 is 1. The van der Waals surface area contributed by atoms with Crippen LogP contribution in [-0.2, 0) is 9.53 Å². The quantitative estimate of drug-likeness (QED) is 0.0853. The Hall–Kier alpha value is -4.67. The van der Waals surface area contributed by atoms with Crippen molar-refractivity contribution in [3.63, 3.8) is 0 Å². The molecule has 3 aromatic carbocycles. The van der Waals surface area contributed by atoms with E-state index in [4.69, 9.17) is 9.47 Å². The van der Waals surface area contributed by atoms with Gasteiger partial charge in [0.25, 0.3) is 12.2 Å². The summed E-state index contributed by atoms with van der Waals surface area (Å²) >= 11 is 0. The largest absolute Gasteiger partial charge is 0.494 e. The highest BCUT2D eigenvalue weighted by Gasteiger charge is 2.14. The summed E-state index contributed by atoms with van der Waals surface area (Å²) < 4.78 is 10.2. The smallest absolute Gasteiger partial charge is 0.296 e. The van der Waals surface area contributed by atoms with E-state index < -0.39 is 4.92 Å². The Kier molecular flexibility index (Phi) is 9.36. The summed E-state index contributed by atoms with van der Waals surface area (Å²) in [6, 6.07) is 15.8. The van der Waals surface area contributed by atoms with Crippen LogP contribution in [0.25, 0.3) is 0 Å². The van der Waals surface area contributed by atoms with Crippen molar-refractivity contribution in [2.24, 2.45) is 20.5 Å². The molecule has 0 atom stereocenters. The van der Waals surface area contributed by atoms with Gasteiger partial charge in [-0.25, -0.2) is 0 Å². The van der Waals surface area contributed by atoms with Crippen molar-refractivity contribution in [2.75, 3.05) is 32.2 Å². The van der Waals surface area contributed by atoms with E-state index in [1.165, 1.54) is 13.2 Å². The minimum atomic E-state index is -0.478. The van der Waals surface area contributed by atoms with Crippen LogP contribution in [-0.4, -0.2) is 38.7 Å². The van der Waals surface area contributed by atoms with Crippen LogP contribution in [0.5, 0.6) is 5.75 Å². The molecule has 0 heterocycles. The Morgan fingerprint density at radius 2 is 1.65 bits per heavy atom. The first-order chi connectivity index (χ1) is 17.8. The molecule has 0 unspecified atom stereocenters. The highest BCUT2D eigenvalue weighted by atomic mass is 16.6. The molecule has 3 aromatic rings. The number of hydrogen-bond donors (Lipinski definition) is 0. The van der Waals surface area contributed by atoms with E-state index in [2.05, 4.69) is 25.4 Å². The fourth-order valence-corrected chi connectivity index (χ4v) is 3.43. The summed E-state index contributed by atoms with van der Waals surface area (Å²) in [5, 5.41) is 28.3. The average Bonchev–Trinajstić information content (AvgIpc) is 2.90. The van der Waals surface area contributed by atoms with Crippen LogP contribution < -0.4 is 9.64 Å². The third kappa shape index (κ3) is 7.40. The minimum Gasteiger partial charge on any atom is -0.494 e. The van der Waals surface area contributed by atoms with Crippen molar-refractivity contribution >= 4 is 40.6 Å². The fraction of sp³-hybridized carbons (Fsp3) is 0.269. The Bertz CT molecular complexity index is 1310. The zero-order valence-corrected chi connectivity index (χ0v) is 21.1. The average molecular weight is 505 g/mol. The van der Waals surface area contributed by atoms with E-state index >= 15 is 0 Å². The molecular formula is C26H28N6O5. The lowest BCUT2D eigenvalue weighted by Gasteiger charge is -2.18. The van der Waals surface area contributed by atoms with Crippen molar-refractivity contribution in [3.8, 4) is 5.75 Å². The molecule has 192 valence electrons. The molecule has 0 saturated carbocycles. The van der Waals surface area contributed by atoms with Gasteiger partial charge in [-0.1, -0.05) is 6.07 Å². The first kappa shape index (κ1) is 26.9. The molecule has 0 bridgehead atoms. The number of carbonyl (C=O) groups is 1. The molecule has 0 N–H and O–H groups in total. The molecule has 0 amide bonds. The topological polar surface area (TPSA) is 131 Å². The molecule has 11 heteroatoms. The number of rotatable bonds is 12. The highest BCUT2D eigenvalue weighted by Crippen LogP contribution is 2.37. The van der Waals surface area contributed by atoms with Crippen LogP contribution in [0, 0.1) is 24.0 Å². The first-order valence-corrected chi connectivity index (χ1v) is 11.5. The summed E-state index contributed by atoms with van der Waals surface area (Å²) in [6.07, 6.45) is 0.729. The second-order valence-corrected chi connectivity index (χ2v) is 8.22. The van der Waals surface area contributed by atoms with E-state index in [-0.39, 0.29) is 11.4 Å². The van der Waals surface area contributed by atoms with Crippen molar-refractivity contribution in [2.45, 2.75) is 20.3 Å². The fourth-order valence-electron chi connectivity index (χ4n) is 3.43. The van der Waals surface area contributed by atoms with Gasteiger partial charge in [0, 0.05) is 31.4 Å². The van der Waals surface area contributed by atoms with Crippen LogP contribution in [0.4, 0.5) is 34.1 Å². The van der Waals surface area contributed by atoms with Gasteiger partial charge in [-0.2, -0.15) is 5.11 Å². The van der Waals surface area contributed by atoms with Crippen LogP contribution in [0.3, 0.4) is 0 Å². The Morgan fingerprint density at radius 3 is 2.32 bits per heavy atom. The Morgan fingerprint density at radius 1 is 0.946 bits per heavy atom. The standard InChI is InChI=1S/C26H28N6O5/c1-18-6-11-22(25(14-18)32(34)35)28-29-23-16-26(36-4)24(15-19(23)2)30-27-20-7-9-21(10-8-20)31(3)12-5-13-37-17-33/h6-11,14-17H,5,12-13H2,1-4H3. The molecule has 11 nitrogen and oxygen atoms in total. The van der Waals surface area contributed by atoms with Crippen LogP contribution in [0.15, 0.2) is 75.1 Å². The van der Waals surface area contributed by atoms with E-state index in [1.807, 2.05) is 38.2 Å². The molecule has 0 aromatic heterocycles. The Labute approximate surface area is 214 Å². The predicted molar refractivity (Wildman–Crippen MR) is 140 cm³/mol. The lowest BCUT2D eigenvalue weighted by molar-refractivity contribution is -0.384. The normalized spacial score (nSPS) is 11.1. The third-order valence-electron chi connectivity index (χ3n) is 5.48. The van der Waals surface area contributed by atoms with E-state index in [9.17, 15) is 14.9 Å². The number of aryl methyl sites for hydroxylation is 2. The second kappa shape index (κ2) is 12.9. The number of nitrogens with zero attached hydrogens (tertiary/aromatic N) is 6. The lowest BCUT2D eigenvalue weighted by Crippen LogP contribution is -2.19. The molecular weight excluding hydrogens is 476 g/mol. The van der Waals surface area contributed by atoms with Crippen molar-refractivity contribution in [3.05, 3.63) is 75.8 Å². The summed E-state index contributed by atoms with van der Waals surface area (Å²) in [5.74, 6) is 0.440. The molecule has 37 heavy (non-hydrogen) atoms. The molecule has 0 aliphatic carbocycles. The number of carbonyl (C=O) groups excluding carboxylic acids is 1. The van der Waals surface area contributed by atoms with Crippen LogP contribution in [0.1, 0.15) is 17.5 Å². The molecule has 0 fully saturated rings. The zero-order chi connectivity index (χ0) is 26.8. The van der Waals surface area contributed by atoms with Gasteiger partial charge in [0.2, 0.25) is 0 Å². The zero-order valence-electron chi connectivity index (χ0n) is 21.1. The van der Waals surface area contributed by atoms with Crippen LogP contribution >= 0.6 is 0 Å². The highest BCUT2D eigenvalue weighted by molar-refractivity contribution is 5.64. The maximum atomic E-state index is 11.3. The summed E-state index contributed by atoms with van der Waals surface area (Å²) in [7, 11) is 3.47. The number of ether oxygens (including phenoxy) is 2. The molecule has 0 saturated heterocycles.